The van der Waals surface area contributed by atoms with Crippen LogP contribution in [0.4, 0.5) is 0 Å². The summed E-state index contributed by atoms with van der Waals surface area (Å²) in [6.45, 7) is 0. The van der Waals surface area contributed by atoms with E-state index in [4.69, 9.17) is 19.4 Å². The Morgan fingerprint density at radius 3 is 2.02 bits per heavy atom. The first-order valence-electron chi connectivity index (χ1n) is 14.2. The van der Waals surface area contributed by atoms with E-state index in [-0.39, 0.29) is 0 Å². The monoisotopic (exact) mass is 550 g/mol. The summed E-state index contributed by atoms with van der Waals surface area (Å²) in [5, 5.41) is 9.00. The predicted octanol–water partition coefficient (Wildman–Crippen LogP) is 9.63. The van der Waals surface area contributed by atoms with E-state index < -0.39 is 0 Å². The molecular formula is C38H22N4O. The minimum atomic E-state index is 0.594. The van der Waals surface area contributed by atoms with Crippen LogP contribution >= 0.6 is 0 Å². The van der Waals surface area contributed by atoms with Crippen LogP contribution in [0.1, 0.15) is 0 Å². The van der Waals surface area contributed by atoms with E-state index in [1.807, 2.05) is 48.5 Å². The van der Waals surface area contributed by atoms with Crippen molar-refractivity contribution in [3.8, 4) is 34.2 Å². The Balaban J connectivity index is 1.40. The molecule has 9 aromatic rings. The maximum Gasteiger partial charge on any atom is 0.164 e. The van der Waals surface area contributed by atoms with Crippen LogP contribution in [0.3, 0.4) is 0 Å². The average molecular weight is 551 g/mol. The van der Waals surface area contributed by atoms with Crippen molar-refractivity contribution in [3.05, 3.63) is 134 Å². The lowest BCUT2D eigenvalue weighted by Crippen LogP contribution is -2.01. The van der Waals surface area contributed by atoms with Crippen molar-refractivity contribution < 1.29 is 4.42 Å². The highest BCUT2D eigenvalue weighted by Crippen LogP contribution is 2.40. The largest absolute Gasteiger partial charge is 0.454 e. The molecule has 0 aliphatic rings. The number of furan rings is 1. The van der Waals surface area contributed by atoms with E-state index in [0.717, 1.165) is 49.4 Å². The smallest absolute Gasteiger partial charge is 0.164 e. The highest BCUT2D eigenvalue weighted by Gasteiger charge is 2.20. The molecule has 0 unspecified atom stereocenters. The van der Waals surface area contributed by atoms with Crippen molar-refractivity contribution in [1.82, 2.24) is 19.9 Å². The number of benzene rings is 6. The molecule has 200 valence electrons. The minimum absolute atomic E-state index is 0.594. The first-order chi connectivity index (χ1) is 21.3. The summed E-state index contributed by atoms with van der Waals surface area (Å²) in [4.78, 5) is 19.6. The van der Waals surface area contributed by atoms with Gasteiger partial charge in [-0.15, -0.1) is 0 Å². The summed E-state index contributed by atoms with van der Waals surface area (Å²) in [5.41, 5.74) is 4.28. The molecule has 0 spiro atoms. The molecule has 0 amide bonds. The molecule has 0 radical (unpaired) electrons. The van der Waals surface area contributed by atoms with Crippen LogP contribution in [-0.2, 0) is 0 Å². The van der Waals surface area contributed by atoms with Crippen molar-refractivity contribution in [2.24, 2.45) is 0 Å². The molecule has 6 aromatic carbocycles. The standard InChI is InChI=1S/C38H22N4O/c1-2-10-24(11-3-1)36-40-37(30-15-8-16-32-35(30)29-19-20-39-22-33(29)43-32)42-38(41-36)31-21-25-12-5-7-14-27(25)34-26-13-6-4-9-23(26)17-18-28(31)34/h1-22H. The quantitative estimate of drug-likeness (QED) is 0.205. The average Bonchev–Trinajstić information content (AvgIpc) is 3.47. The number of hydrogen-bond donors (Lipinski definition) is 0. The van der Waals surface area contributed by atoms with Gasteiger partial charge in [-0.05, 0) is 50.5 Å². The number of aromatic nitrogens is 4. The van der Waals surface area contributed by atoms with E-state index in [1.54, 1.807) is 12.4 Å². The molecule has 0 atom stereocenters. The Morgan fingerprint density at radius 2 is 1.16 bits per heavy atom. The molecule has 0 N–H and O–H groups in total. The lowest BCUT2D eigenvalue weighted by atomic mass is 9.92. The fourth-order valence-electron chi connectivity index (χ4n) is 6.25. The van der Waals surface area contributed by atoms with Crippen molar-refractivity contribution in [3.63, 3.8) is 0 Å². The maximum absolute atomic E-state index is 6.16. The fourth-order valence-corrected chi connectivity index (χ4v) is 6.25. The van der Waals surface area contributed by atoms with Crippen LogP contribution in [0.15, 0.2) is 138 Å². The van der Waals surface area contributed by atoms with Crippen LogP contribution in [0.25, 0.3) is 88.4 Å². The van der Waals surface area contributed by atoms with Crippen molar-refractivity contribution in [2.75, 3.05) is 0 Å². The van der Waals surface area contributed by atoms with Gasteiger partial charge in [-0.3, -0.25) is 4.98 Å². The summed E-state index contributed by atoms with van der Waals surface area (Å²) >= 11 is 0. The predicted molar refractivity (Wildman–Crippen MR) is 174 cm³/mol. The van der Waals surface area contributed by atoms with Crippen molar-refractivity contribution in [1.29, 1.82) is 0 Å². The van der Waals surface area contributed by atoms with Gasteiger partial charge in [-0.25, -0.2) is 15.0 Å². The van der Waals surface area contributed by atoms with E-state index in [0.29, 0.717) is 17.5 Å². The van der Waals surface area contributed by atoms with Crippen molar-refractivity contribution in [2.45, 2.75) is 0 Å². The fraction of sp³-hybridized carbons (Fsp3) is 0. The summed E-state index contributed by atoms with van der Waals surface area (Å²) in [5.74, 6) is 1.84. The number of hydrogen-bond acceptors (Lipinski definition) is 5. The summed E-state index contributed by atoms with van der Waals surface area (Å²) < 4.78 is 6.16. The Bertz CT molecular complexity index is 2500. The second kappa shape index (κ2) is 9.29. The molecule has 0 bridgehead atoms. The second-order valence-corrected chi connectivity index (χ2v) is 10.7. The molecular weight excluding hydrogens is 528 g/mol. The van der Waals surface area contributed by atoms with Gasteiger partial charge in [-0.2, -0.15) is 0 Å². The van der Waals surface area contributed by atoms with Crippen LogP contribution < -0.4 is 0 Å². The molecule has 9 rings (SSSR count). The Hall–Kier alpha value is -5.94. The van der Waals surface area contributed by atoms with Gasteiger partial charge in [0.05, 0.1) is 6.20 Å². The van der Waals surface area contributed by atoms with E-state index >= 15 is 0 Å². The summed E-state index contributed by atoms with van der Waals surface area (Å²) in [6.07, 6.45) is 3.53. The molecule has 0 aliphatic carbocycles. The van der Waals surface area contributed by atoms with Gasteiger partial charge < -0.3 is 4.42 Å². The molecule has 5 nitrogen and oxygen atoms in total. The molecule has 5 heteroatoms. The summed E-state index contributed by atoms with van der Waals surface area (Å²) in [7, 11) is 0. The number of nitrogens with zero attached hydrogens (tertiary/aromatic N) is 4. The maximum atomic E-state index is 6.16. The SMILES string of the molecule is c1ccc(-c2nc(-c3cc4ccccc4c4c3ccc3ccccc34)nc(-c3cccc4oc5cnccc5c34)n2)cc1. The van der Waals surface area contributed by atoms with Gasteiger partial charge in [0.2, 0.25) is 0 Å². The van der Waals surface area contributed by atoms with Gasteiger partial charge in [-0.1, -0.05) is 103 Å². The van der Waals surface area contributed by atoms with Gasteiger partial charge >= 0.3 is 0 Å². The van der Waals surface area contributed by atoms with Crippen LogP contribution in [0.2, 0.25) is 0 Å². The zero-order chi connectivity index (χ0) is 28.3. The van der Waals surface area contributed by atoms with Gasteiger partial charge in [0.1, 0.15) is 5.58 Å². The first-order valence-corrected chi connectivity index (χ1v) is 14.2. The molecule has 0 fully saturated rings. The Labute approximate surface area is 246 Å². The highest BCUT2D eigenvalue weighted by atomic mass is 16.3. The third kappa shape index (κ3) is 3.72. The highest BCUT2D eigenvalue weighted by molar-refractivity contribution is 6.23. The third-order valence-electron chi connectivity index (χ3n) is 8.20. The minimum Gasteiger partial charge on any atom is -0.454 e. The normalized spacial score (nSPS) is 11.7. The lowest BCUT2D eigenvalue weighted by molar-refractivity contribution is 0.667. The van der Waals surface area contributed by atoms with E-state index in [2.05, 4.69) is 77.8 Å². The van der Waals surface area contributed by atoms with Gasteiger partial charge in [0, 0.05) is 33.7 Å². The summed E-state index contributed by atoms with van der Waals surface area (Å²) in [6, 6.07) is 41.7. The number of pyridine rings is 1. The first kappa shape index (κ1) is 23.7. The van der Waals surface area contributed by atoms with Crippen LogP contribution in [0, 0.1) is 0 Å². The molecule has 0 saturated heterocycles. The van der Waals surface area contributed by atoms with Gasteiger partial charge in [0.25, 0.3) is 0 Å². The molecule has 0 aliphatic heterocycles. The number of fused-ring (bicyclic) bond motifs is 8. The Morgan fingerprint density at radius 1 is 0.442 bits per heavy atom. The van der Waals surface area contributed by atoms with Gasteiger partial charge in [0.15, 0.2) is 23.1 Å². The van der Waals surface area contributed by atoms with Crippen LogP contribution in [0.5, 0.6) is 0 Å². The molecule has 3 aromatic heterocycles. The molecule has 43 heavy (non-hydrogen) atoms. The topological polar surface area (TPSA) is 64.7 Å². The lowest BCUT2D eigenvalue weighted by Gasteiger charge is -2.14. The third-order valence-corrected chi connectivity index (χ3v) is 8.20. The zero-order valence-electron chi connectivity index (χ0n) is 22.9. The zero-order valence-corrected chi connectivity index (χ0v) is 22.9. The van der Waals surface area contributed by atoms with Crippen molar-refractivity contribution >= 4 is 54.3 Å². The second-order valence-electron chi connectivity index (χ2n) is 10.7. The number of rotatable bonds is 3. The van der Waals surface area contributed by atoms with E-state index in [1.165, 1.54) is 21.5 Å². The van der Waals surface area contributed by atoms with E-state index in [9.17, 15) is 0 Å². The molecule has 0 saturated carbocycles. The Kier molecular flexibility index (Phi) is 5.13. The molecule has 3 heterocycles. The van der Waals surface area contributed by atoms with Crippen LogP contribution in [-0.4, -0.2) is 19.9 Å².